The van der Waals surface area contributed by atoms with E-state index in [0.717, 1.165) is 37.2 Å². The van der Waals surface area contributed by atoms with Crippen molar-refractivity contribution in [2.75, 3.05) is 49.3 Å². The Labute approximate surface area is 189 Å². The molecule has 2 aromatic rings. The van der Waals surface area contributed by atoms with Gasteiger partial charge in [-0.1, -0.05) is 18.2 Å². The van der Waals surface area contributed by atoms with Gasteiger partial charge in [-0.3, -0.25) is 19.3 Å². The Morgan fingerprint density at radius 3 is 2.16 bits per heavy atom. The molecule has 0 spiro atoms. The second-order valence-electron chi connectivity index (χ2n) is 8.17. The molecule has 0 unspecified atom stereocenters. The van der Waals surface area contributed by atoms with E-state index in [0.29, 0.717) is 17.9 Å². The third kappa shape index (κ3) is 6.31. The van der Waals surface area contributed by atoms with E-state index in [1.807, 2.05) is 19.0 Å². The van der Waals surface area contributed by atoms with Crippen LogP contribution in [-0.2, 0) is 14.4 Å². The SMILES string of the molecule is CC(=O)Nc1cccc(NC(=O)C(=O)NC[C@H](c2ccc(N(C)C)cc2)N2CCCC2)c1. The maximum absolute atomic E-state index is 12.5. The van der Waals surface area contributed by atoms with Gasteiger partial charge in [-0.2, -0.15) is 0 Å². The minimum absolute atomic E-state index is 0.00792. The number of rotatable bonds is 7. The van der Waals surface area contributed by atoms with E-state index in [4.69, 9.17) is 0 Å². The van der Waals surface area contributed by atoms with Crippen LogP contribution in [0.2, 0.25) is 0 Å². The van der Waals surface area contributed by atoms with Crippen LogP contribution in [0.1, 0.15) is 31.4 Å². The highest BCUT2D eigenvalue weighted by Gasteiger charge is 2.25. The van der Waals surface area contributed by atoms with Crippen molar-refractivity contribution in [1.29, 1.82) is 0 Å². The van der Waals surface area contributed by atoms with Crippen LogP contribution in [0, 0.1) is 0 Å². The molecule has 8 heteroatoms. The fourth-order valence-corrected chi connectivity index (χ4v) is 3.84. The molecule has 32 heavy (non-hydrogen) atoms. The minimum Gasteiger partial charge on any atom is -0.378 e. The minimum atomic E-state index is -0.742. The normalized spacial score (nSPS) is 14.5. The zero-order valence-electron chi connectivity index (χ0n) is 18.9. The summed E-state index contributed by atoms with van der Waals surface area (Å²) >= 11 is 0. The zero-order chi connectivity index (χ0) is 23.1. The molecule has 0 radical (unpaired) electrons. The molecule has 1 heterocycles. The molecular formula is C24H31N5O3. The quantitative estimate of drug-likeness (QED) is 0.579. The first-order valence-corrected chi connectivity index (χ1v) is 10.8. The molecule has 1 fully saturated rings. The number of carbonyl (C=O) groups excluding carboxylic acids is 3. The molecular weight excluding hydrogens is 406 g/mol. The van der Waals surface area contributed by atoms with Crippen molar-refractivity contribution in [3.63, 3.8) is 0 Å². The van der Waals surface area contributed by atoms with E-state index in [1.165, 1.54) is 6.92 Å². The number of carbonyl (C=O) groups is 3. The molecule has 1 aliphatic rings. The fourth-order valence-electron chi connectivity index (χ4n) is 3.84. The first-order valence-electron chi connectivity index (χ1n) is 10.8. The highest BCUT2D eigenvalue weighted by atomic mass is 16.2. The number of likely N-dealkylation sites (tertiary alicyclic amines) is 1. The Bertz CT molecular complexity index is 952. The van der Waals surface area contributed by atoms with Gasteiger partial charge in [-0.05, 0) is 61.8 Å². The van der Waals surface area contributed by atoms with Crippen LogP contribution in [0.4, 0.5) is 17.1 Å². The maximum atomic E-state index is 12.5. The second-order valence-corrected chi connectivity index (χ2v) is 8.17. The predicted octanol–water partition coefficient (Wildman–Crippen LogP) is 2.60. The fraction of sp³-hybridized carbons (Fsp3) is 0.375. The molecule has 170 valence electrons. The predicted molar refractivity (Wildman–Crippen MR) is 127 cm³/mol. The second kappa shape index (κ2) is 10.8. The summed E-state index contributed by atoms with van der Waals surface area (Å²) < 4.78 is 0. The van der Waals surface area contributed by atoms with Crippen LogP contribution in [0.5, 0.6) is 0 Å². The largest absolute Gasteiger partial charge is 0.378 e. The van der Waals surface area contributed by atoms with E-state index in [-0.39, 0.29) is 11.9 Å². The van der Waals surface area contributed by atoms with Crippen LogP contribution in [0.3, 0.4) is 0 Å². The topological polar surface area (TPSA) is 93.8 Å². The standard InChI is InChI=1S/C24H31N5O3/c1-17(30)26-19-7-6-8-20(15-19)27-24(32)23(31)25-16-22(29-13-4-5-14-29)18-9-11-21(12-10-18)28(2)3/h6-12,15,22H,4-5,13-14,16H2,1-3H3,(H,25,31)(H,26,30)(H,27,32)/t22-/m1/s1. The van der Waals surface area contributed by atoms with Crippen molar-refractivity contribution in [1.82, 2.24) is 10.2 Å². The lowest BCUT2D eigenvalue weighted by Gasteiger charge is -2.28. The Kier molecular flexibility index (Phi) is 7.83. The van der Waals surface area contributed by atoms with Gasteiger partial charge in [0.1, 0.15) is 0 Å². The molecule has 0 bridgehead atoms. The highest BCUT2D eigenvalue weighted by molar-refractivity contribution is 6.39. The van der Waals surface area contributed by atoms with E-state index >= 15 is 0 Å². The smallest absolute Gasteiger partial charge is 0.313 e. The zero-order valence-corrected chi connectivity index (χ0v) is 18.9. The van der Waals surface area contributed by atoms with Gasteiger partial charge in [-0.25, -0.2) is 0 Å². The van der Waals surface area contributed by atoms with Crippen LogP contribution >= 0.6 is 0 Å². The molecule has 8 nitrogen and oxygen atoms in total. The summed E-state index contributed by atoms with van der Waals surface area (Å²) in [5, 5.41) is 8.03. The number of nitrogens with one attached hydrogen (secondary N) is 3. The van der Waals surface area contributed by atoms with E-state index in [1.54, 1.807) is 24.3 Å². The van der Waals surface area contributed by atoms with Crippen molar-refractivity contribution in [2.24, 2.45) is 0 Å². The molecule has 0 aromatic heterocycles. The molecule has 0 saturated carbocycles. The molecule has 3 amide bonds. The van der Waals surface area contributed by atoms with Crippen LogP contribution in [-0.4, -0.2) is 56.4 Å². The van der Waals surface area contributed by atoms with Crippen molar-refractivity contribution >= 4 is 34.8 Å². The summed E-state index contributed by atoms with van der Waals surface area (Å²) in [6.45, 7) is 3.69. The molecule has 3 N–H and O–H groups in total. The van der Waals surface area contributed by atoms with Gasteiger partial charge in [0.15, 0.2) is 0 Å². The van der Waals surface area contributed by atoms with Crippen molar-refractivity contribution in [3.8, 4) is 0 Å². The molecule has 2 aromatic carbocycles. The molecule has 1 saturated heterocycles. The Morgan fingerprint density at radius 1 is 0.938 bits per heavy atom. The number of nitrogens with zero attached hydrogens (tertiary/aromatic N) is 2. The van der Waals surface area contributed by atoms with Crippen LogP contribution in [0.15, 0.2) is 48.5 Å². The highest BCUT2D eigenvalue weighted by Crippen LogP contribution is 2.26. The third-order valence-corrected chi connectivity index (χ3v) is 5.48. The van der Waals surface area contributed by atoms with E-state index < -0.39 is 11.8 Å². The van der Waals surface area contributed by atoms with E-state index in [2.05, 4.69) is 45.1 Å². The lowest BCUT2D eigenvalue weighted by Crippen LogP contribution is -2.41. The van der Waals surface area contributed by atoms with Gasteiger partial charge in [0.2, 0.25) is 5.91 Å². The number of hydrogen-bond acceptors (Lipinski definition) is 5. The number of hydrogen-bond donors (Lipinski definition) is 3. The lowest BCUT2D eigenvalue weighted by atomic mass is 10.0. The summed E-state index contributed by atoms with van der Waals surface area (Å²) in [6.07, 6.45) is 2.26. The summed E-state index contributed by atoms with van der Waals surface area (Å²) in [5.41, 5.74) is 3.21. The average molecular weight is 438 g/mol. The molecule has 3 rings (SSSR count). The monoisotopic (exact) mass is 437 g/mol. The average Bonchev–Trinajstić information content (AvgIpc) is 3.28. The Hall–Kier alpha value is -3.39. The van der Waals surface area contributed by atoms with Crippen LogP contribution < -0.4 is 20.9 Å². The van der Waals surface area contributed by atoms with E-state index in [9.17, 15) is 14.4 Å². The van der Waals surface area contributed by atoms with Gasteiger partial charge in [0.25, 0.3) is 0 Å². The summed E-state index contributed by atoms with van der Waals surface area (Å²) in [5.74, 6) is -1.64. The maximum Gasteiger partial charge on any atom is 0.313 e. The number of benzene rings is 2. The van der Waals surface area contributed by atoms with Crippen molar-refractivity contribution in [3.05, 3.63) is 54.1 Å². The van der Waals surface area contributed by atoms with Gasteiger partial charge >= 0.3 is 11.8 Å². The van der Waals surface area contributed by atoms with Gasteiger partial charge in [0.05, 0.1) is 6.04 Å². The summed E-state index contributed by atoms with van der Waals surface area (Å²) in [4.78, 5) is 40.5. The third-order valence-electron chi connectivity index (χ3n) is 5.48. The number of amides is 3. The lowest BCUT2D eigenvalue weighted by molar-refractivity contribution is -0.136. The summed E-state index contributed by atoms with van der Waals surface area (Å²) in [7, 11) is 4.00. The molecule has 1 aliphatic heterocycles. The van der Waals surface area contributed by atoms with Gasteiger partial charge < -0.3 is 20.9 Å². The molecule has 0 aliphatic carbocycles. The Morgan fingerprint density at radius 2 is 1.56 bits per heavy atom. The first-order chi connectivity index (χ1) is 15.3. The van der Waals surface area contributed by atoms with Gasteiger partial charge in [-0.15, -0.1) is 0 Å². The van der Waals surface area contributed by atoms with Crippen molar-refractivity contribution < 1.29 is 14.4 Å². The van der Waals surface area contributed by atoms with Crippen molar-refractivity contribution in [2.45, 2.75) is 25.8 Å². The van der Waals surface area contributed by atoms with Crippen LogP contribution in [0.25, 0.3) is 0 Å². The first kappa shape index (κ1) is 23.3. The number of anilines is 3. The molecule has 1 atom stereocenters. The van der Waals surface area contributed by atoms with Gasteiger partial charge in [0, 0.05) is 44.6 Å². The summed E-state index contributed by atoms with van der Waals surface area (Å²) in [6, 6.07) is 15.0. The Balaban J connectivity index is 1.63.